The number of rotatable bonds is 2. The van der Waals surface area contributed by atoms with Gasteiger partial charge in [-0.1, -0.05) is 36.9 Å². The average molecular weight is 271 g/mol. The molecule has 0 heterocycles. The highest BCUT2D eigenvalue weighted by atomic mass is 35.5. The second-order valence-electron chi connectivity index (χ2n) is 5.26. The molecule has 2 rings (SSSR count). The van der Waals surface area contributed by atoms with Crippen molar-refractivity contribution in [3.63, 3.8) is 0 Å². The van der Waals surface area contributed by atoms with Crippen molar-refractivity contribution in [1.29, 1.82) is 0 Å². The van der Waals surface area contributed by atoms with Gasteiger partial charge in [-0.05, 0) is 55.4 Å². The number of alkyl halides is 1. The molecule has 2 heteroatoms. The molecule has 0 saturated heterocycles. The third kappa shape index (κ3) is 2.98. The summed E-state index contributed by atoms with van der Waals surface area (Å²) in [6.45, 7) is 4.16. The molecule has 94 valence electrons. The summed E-state index contributed by atoms with van der Waals surface area (Å²) in [6.07, 6.45) is 6.59. The van der Waals surface area contributed by atoms with Crippen LogP contribution in [-0.4, -0.2) is 0 Å². The lowest BCUT2D eigenvalue weighted by Gasteiger charge is -2.27. The minimum Gasteiger partial charge on any atom is -0.118 e. The number of aryl methyl sites for hydroxylation is 2. The maximum Gasteiger partial charge on any atom is 0.0616 e. The van der Waals surface area contributed by atoms with Gasteiger partial charge in [-0.3, -0.25) is 0 Å². The van der Waals surface area contributed by atoms with Gasteiger partial charge in [0.1, 0.15) is 0 Å². The van der Waals surface area contributed by atoms with Crippen LogP contribution in [0.3, 0.4) is 0 Å². The van der Waals surface area contributed by atoms with E-state index >= 15 is 0 Å². The molecule has 0 amide bonds. The molecular formula is C15H20Cl2. The van der Waals surface area contributed by atoms with E-state index in [9.17, 15) is 0 Å². The molecule has 0 aromatic heterocycles. The quantitative estimate of drug-likeness (QED) is 0.595. The van der Waals surface area contributed by atoms with Gasteiger partial charge in [0.05, 0.1) is 5.38 Å². The highest BCUT2D eigenvalue weighted by Crippen LogP contribution is 2.40. The van der Waals surface area contributed by atoms with E-state index in [2.05, 4.69) is 19.9 Å². The van der Waals surface area contributed by atoms with Crippen LogP contribution in [0.5, 0.6) is 0 Å². The lowest BCUT2D eigenvalue weighted by Crippen LogP contribution is -2.13. The Morgan fingerprint density at radius 1 is 1.06 bits per heavy atom. The van der Waals surface area contributed by atoms with Gasteiger partial charge in [0, 0.05) is 5.02 Å². The first-order valence-electron chi connectivity index (χ1n) is 6.50. The Morgan fingerprint density at radius 3 is 2.35 bits per heavy atom. The zero-order valence-corrected chi connectivity index (χ0v) is 12.1. The van der Waals surface area contributed by atoms with Gasteiger partial charge in [-0.2, -0.15) is 0 Å². The lowest BCUT2D eigenvalue weighted by molar-refractivity contribution is 0.348. The Labute approximate surface area is 114 Å². The van der Waals surface area contributed by atoms with Crippen LogP contribution in [-0.2, 0) is 0 Å². The average Bonchev–Trinajstić information content (AvgIpc) is 2.34. The fraction of sp³-hybridized carbons (Fsp3) is 0.600. The first-order valence-corrected chi connectivity index (χ1v) is 7.31. The van der Waals surface area contributed by atoms with Crippen LogP contribution < -0.4 is 0 Å². The van der Waals surface area contributed by atoms with Crippen molar-refractivity contribution in [3.05, 3.63) is 33.8 Å². The highest BCUT2D eigenvalue weighted by Gasteiger charge is 2.24. The number of hydrogen-bond acceptors (Lipinski definition) is 0. The second-order valence-corrected chi connectivity index (χ2v) is 6.14. The van der Waals surface area contributed by atoms with Crippen molar-refractivity contribution in [2.75, 3.05) is 0 Å². The monoisotopic (exact) mass is 270 g/mol. The van der Waals surface area contributed by atoms with E-state index in [1.807, 2.05) is 6.07 Å². The summed E-state index contributed by atoms with van der Waals surface area (Å²) in [6, 6.07) is 4.22. The minimum atomic E-state index is 0.159. The Hall–Kier alpha value is -0.200. The van der Waals surface area contributed by atoms with E-state index in [1.165, 1.54) is 43.2 Å². The van der Waals surface area contributed by atoms with Crippen LogP contribution in [0.25, 0.3) is 0 Å². The predicted octanol–water partition coefficient (Wildman–Crippen LogP) is 5.82. The SMILES string of the molecule is Cc1cc(C(Cl)C2CCCCC2)c(C)cc1Cl. The van der Waals surface area contributed by atoms with E-state index < -0.39 is 0 Å². The summed E-state index contributed by atoms with van der Waals surface area (Å²) >= 11 is 12.8. The van der Waals surface area contributed by atoms with Gasteiger partial charge in [-0.15, -0.1) is 11.6 Å². The van der Waals surface area contributed by atoms with Gasteiger partial charge < -0.3 is 0 Å². The molecule has 0 radical (unpaired) electrons. The number of halogens is 2. The van der Waals surface area contributed by atoms with Crippen molar-refractivity contribution in [3.8, 4) is 0 Å². The molecule has 1 aliphatic carbocycles. The van der Waals surface area contributed by atoms with Crippen molar-refractivity contribution in [2.45, 2.75) is 51.3 Å². The van der Waals surface area contributed by atoms with Crippen molar-refractivity contribution in [1.82, 2.24) is 0 Å². The second kappa shape index (κ2) is 5.63. The lowest BCUT2D eigenvalue weighted by atomic mass is 9.83. The standard InChI is InChI=1S/C15H20Cl2/c1-10-9-14(16)11(2)8-13(10)15(17)12-6-4-3-5-7-12/h8-9,12,15H,3-7H2,1-2H3. The maximum absolute atomic E-state index is 6.67. The number of benzene rings is 1. The van der Waals surface area contributed by atoms with Crippen LogP contribution in [0.1, 0.15) is 54.2 Å². The molecule has 0 bridgehead atoms. The largest absolute Gasteiger partial charge is 0.118 e. The maximum atomic E-state index is 6.67. The molecule has 17 heavy (non-hydrogen) atoms. The Balaban J connectivity index is 2.23. The minimum absolute atomic E-state index is 0.159. The zero-order valence-electron chi connectivity index (χ0n) is 10.6. The summed E-state index contributed by atoms with van der Waals surface area (Å²) in [5.41, 5.74) is 3.64. The molecule has 1 aromatic carbocycles. The van der Waals surface area contributed by atoms with Gasteiger partial charge in [-0.25, -0.2) is 0 Å². The molecule has 1 unspecified atom stereocenters. The van der Waals surface area contributed by atoms with Gasteiger partial charge in [0.15, 0.2) is 0 Å². The van der Waals surface area contributed by atoms with Crippen LogP contribution in [0, 0.1) is 19.8 Å². The molecule has 0 aliphatic heterocycles. The van der Waals surface area contributed by atoms with Crippen molar-refractivity contribution >= 4 is 23.2 Å². The van der Waals surface area contributed by atoms with E-state index in [-0.39, 0.29) is 5.38 Å². The van der Waals surface area contributed by atoms with Gasteiger partial charge >= 0.3 is 0 Å². The first kappa shape index (κ1) is 13.2. The summed E-state index contributed by atoms with van der Waals surface area (Å²) in [5.74, 6) is 0.643. The smallest absolute Gasteiger partial charge is 0.0616 e. The topological polar surface area (TPSA) is 0 Å². The van der Waals surface area contributed by atoms with Gasteiger partial charge in [0.2, 0.25) is 0 Å². The molecule has 0 spiro atoms. The van der Waals surface area contributed by atoms with E-state index in [1.54, 1.807) is 0 Å². The molecule has 1 saturated carbocycles. The van der Waals surface area contributed by atoms with Crippen molar-refractivity contribution in [2.24, 2.45) is 5.92 Å². The van der Waals surface area contributed by atoms with E-state index in [0.29, 0.717) is 5.92 Å². The molecule has 1 aromatic rings. The number of hydrogen-bond donors (Lipinski definition) is 0. The predicted molar refractivity (Wildman–Crippen MR) is 76.1 cm³/mol. The molecular weight excluding hydrogens is 251 g/mol. The van der Waals surface area contributed by atoms with Crippen LogP contribution in [0.4, 0.5) is 0 Å². The van der Waals surface area contributed by atoms with Crippen LogP contribution in [0.15, 0.2) is 12.1 Å². The fourth-order valence-electron chi connectivity index (χ4n) is 2.78. The zero-order chi connectivity index (χ0) is 12.4. The van der Waals surface area contributed by atoms with Crippen LogP contribution >= 0.6 is 23.2 Å². The highest BCUT2D eigenvalue weighted by molar-refractivity contribution is 6.31. The third-order valence-corrected chi connectivity index (χ3v) is 4.91. The molecule has 0 nitrogen and oxygen atoms in total. The summed E-state index contributed by atoms with van der Waals surface area (Å²) in [7, 11) is 0. The molecule has 1 fully saturated rings. The Morgan fingerprint density at radius 2 is 1.71 bits per heavy atom. The van der Waals surface area contributed by atoms with Crippen LogP contribution in [0.2, 0.25) is 5.02 Å². The summed E-state index contributed by atoms with van der Waals surface area (Å²) < 4.78 is 0. The van der Waals surface area contributed by atoms with E-state index in [0.717, 1.165) is 10.6 Å². The normalized spacial score (nSPS) is 19.3. The molecule has 1 atom stereocenters. The molecule has 0 N–H and O–H groups in total. The Bertz CT molecular complexity index is 392. The van der Waals surface area contributed by atoms with Gasteiger partial charge in [0.25, 0.3) is 0 Å². The Kier molecular flexibility index (Phi) is 4.38. The summed E-state index contributed by atoms with van der Waals surface area (Å²) in [5, 5.41) is 1.00. The fourth-order valence-corrected chi connectivity index (χ4v) is 3.49. The van der Waals surface area contributed by atoms with E-state index in [4.69, 9.17) is 23.2 Å². The third-order valence-electron chi connectivity index (χ3n) is 3.91. The van der Waals surface area contributed by atoms with Crippen molar-refractivity contribution < 1.29 is 0 Å². The molecule has 1 aliphatic rings. The first-order chi connectivity index (χ1) is 8.09. The summed E-state index contributed by atoms with van der Waals surface area (Å²) in [4.78, 5) is 0.